The number of anilines is 3. The third-order valence-electron chi connectivity index (χ3n) is 7.54. The molecule has 3 saturated carbocycles. The largest absolute Gasteiger partial charge is 0.365 e. The molecule has 3 fully saturated rings. The molecule has 3 N–H and O–H groups in total. The number of nitrogens with zero attached hydrogens (tertiary/aromatic N) is 5. The van der Waals surface area contributed by atoms with Crippen LogP contribution in [0.2, 0.25) is 0 Å². The zero-order valence-electron chi connectivity index (χ0n) is 19.8. The van der Waals surface area contributed by atoms with Crippen molar-refractivity contribution in [2.45, 2.75) is 75.9 Å². The average Bonchev–Trinajstić information content (AvgIpc) is 3.56. The van der Waals surface area contributed by atoms with E-state index in [0.717, 1.165) is 37.6 Å². The third kappa shape index (κ3) is 5.90. The number of carbonyl (C=O) groups excluding carboxylic acids is 1. The van der Waals surface area contributed by atoms with Crippen LogP contribution < -0.4 is 16.4 Å². The Hall–Kier alpha value is -3.19. The first-order chi connectivity index (χ1) is 17.0. The molecule has 0 atom stereocenters. The first-order valence-corrected chi connectivity index (χ1v) is 12.4. The maximum Gasteiger partial charge on any atom is 0.254 e. The maximum absolute atomic E-state index is 12.6. The molecule has 1 aromatic heterocycles. The molecule has 1 amide bonds. The highest BCUT2D eigenvalue weighted by molar-refractivity contribution is 5.98. The van der Waals surface area contributed by atoms with Crippen LogP contribution in [-0.2, 0) is 0 Å². The Labute approximate surface area is 204 Å². The number of halogens is 2. The molecule has 188 valence electrons. The summed E-state index contributed by atoms with van der Waals surface area (Å²) in [4.78, 5) is 14.8. The first kappa shape index (κ1) is 24.9. The van der Waals surface area contributed by atoms with Crippen LogP contribution in [-0.4, -0.2) is 39.2 Å². The summed E-state index contributed by atoms with van der Waals surface area (Å²) in [5, 5.41) is 13.2. The molecular weight excluding hydrogens is 452 g/mol. The van der Waals surface area contributed by atoms with Gasteiger partial charge < -0.3 is 11.1 Å². The summed E-state index contributed by atoms with van der Waals surface area (Å²) < 4.78 is 27.2. The predicted octanol–water partition coefficient (Wildman–Crippen LogP) is 5.19. The lowest BCUT2D eigenvalue weighted by molar-refractivity contribution is 0.0469. The number of hydrogen-bond donors (Lipinski definition) is 2. The van der Waals surface area contributed by atoms with Gasteiger partial charge in [0, 0.05) is 37.1 Å². The van der Waals surface area contributed by atoms with Crippen molar-refractivity contribution in [1.29, 1.82) is 5.26 Å². The highest BCUT2D eigenvalue weighted by Crippen LogP contribution is 2.39. The van der Waals surface area contributed by atoms with Crippen molar-refractivity contribution < 1.29 is 13.8 Å². The third-order valence-corrected chi connectivity index (χ3v) is 7.54. The normalized spacial score (nSPS) is 22.1. The molecule has 0 spiro atoms. The first-order valence-electron chi connectivity index (χ1n) is 12.4. The van der Waals surface area contributed by atoms with Gasteiger partial charge in [0.05, 0.1) is 6.04 Å². The molecule has 0 saturated heterocycles. The quantitative estimate of drug-likeness (QED) is 0.474. The monoisotopic (exact) mass is 485 g/mol. The Morgan fingerprint density at radius 3 is 2.20 bits per heavy atom. The van der Waals surface area contributed by atoms with E-state index in [1.165, 1.54) is 62.9 Å². The van der Waals surface area contributed by atoms with E-state index in [9.17, 15) is 13.8 Å². The molecule has 0 unspecified atom stereocenters. The lowest BCUT2D eigenvalue weighted by Crippen LogP contribution is -2.49. The molecule has 0 aliphatic heterocycles. The number of carbonyl (C=O) groups is 1. The lowest BCUT2D eigenvalue weighted by atomic mass is 9.85. The van der Waals surface area contributed by atoms with Crippen molar-refractivity contribution in [1.82, 2.24) is 14.7 Å². The second kappa shape index (κ2) is 11.0. The smallest absolute Gasteiger partial charge is 0.254 e. The molecule has 35 heavy (non-hydrogen) atoms. The standard InChI is InChI=1S/C24H32F2N6O.CHN/c25-32(26)21-8-6-17(7-9-21)28-24-22(23(27)33)15-31(29-24)20-12-10-19(11-13-20)30(14-16-4-5-16)18-2-1-3-18;1-2/h6-9,15-16,18-20H,1-5,10-14H2,(H2,27,33)(H,28,29);1H. The fraction of sp³-hybridized carbons (Fsp3) is 0.560. The number of primary amides is 1. The summed E-state index contributed by atoms with van der Waals surface area (Å²) in [6, 6.07) is 7.28. The van der Waals surface area contributed by atoms with Gasteiger partial charge in [-0.25, -0.2) is 5.26 Å². The van der Waals surface area contributed by atoms with Crippen LogP contribution in [0.5, 0.6) is 0 Å². The van der Waals surface area contributed by atoms with E-state index in [0.29, 0.717) is 23.1 Å². The van der Waals surface area contributed by atoms with Gasteiger partial charge >= 0.3 is 0 Å². The van der Waals surface area contributed by atoms with E-state index in [-0.39, 0.29) is 11.7 Å². The molecule has 0 radical (unpaired) electrons. The van der Waals surface area contributed by atoms with Gasteiger partial charge in [0.1, 0.15) is 11.3 Å². The van der Waals surface area contributed by atoms with Gasteiger partial charge in [-0.3, -0.25) is 14.4 Å². The van der Waals surface area contributed by atoms with E-state index < -0.39 is 11.3 Å². The molecule has 3 aliphatic carbocycles. The fourth-order valence-corrected chi connectivity index (χ4v) is 5.21. The van der Waals surface area contributed by atoms with E-state index >= 15 is 0 Å². The number of aromatic nitrogens is 2. The van der Waals surface area contributed by atoms with Crippen molar-refractivity contribution in [3.05, 3.63) is 36.0 Å². The second-order valence-electron chi connectivity index (χ2n) is 9.83. The van der Waals surface area contributed by atoms with Crippen LogP contribution in [0.15, 0.2) is 30.5 Å². The van der Waals surface area contributed by atoms with Crippen LogP contribution in [0.3, 0.4) is 0 Å². The Morgan fingerprint density at radius 1 is 1.06 bits per heavy atom. The lowest BCUT2D eigenvalue weighted by Gasteiger charge is -2.45. The molecule has 1 heterocycles. The summed E-state index contributed by atoms with van der Waals surface area (Å²) in [5.74, 6) is 0.709. The molecule has 3 aliphatic rings. The number of rotatable bonds is 9. The number of nitriles is 1. The van der Waals surface area contributed by atoms with Crippen LogP contribution in [0.25, 0.3) is 0 Å². The summed E-state index contributed by atoms with van der Waals surface area (Å²) in [7, 11) is 0. The second-order valence-corrected chi connectivity index (χ2v) is 9.83. The zero-order chi connectivity index (χ0) is 24.9. The zero-order valence-corrected chi connectivity index (χ0v) is 19.8. The minimum Gasteiger partial charge on any atom is -0.365 e. The number of hydrogen-bond acceptors (Lipinski definition) is 6. The molecule has 1 aromatic carbocycles. The van der Waals surface area contributed by atoms with Gasteiger partial charge in [-0.1, -0.05) is 15.4 Å². The van der Waals surface area contributed by atoms with Crippen molar-refractivity contribution in [3.63, 3.8) is 0 Å². The Kier molecular flexibility index (Phi) is 7.86. The minimum atomic E-state index is -0.944. The highest BCUT2D eigenvalue weighted by atomic mass is 19.4. The average molecular weight is 486 g/mol. The number of nitrogens with one attached hydrogen (secondary N) is 1. The van der Waals surface area contributed by atoms with Crippen molar-refractivity contribution in [3.8, 4) is 6.57 Å². The summed E-state index contributed by atoms with van der Waals surface area (Å²) >= 11 is 0. The van der Waals surface area contributed by atoms with Crippen LogP contribution >= 0.6 is 0 Å². The van der Waals surface area contributed by atoms with Crippen LogP contribution in [0.1, 0.15) is 74.2 Å². The maximum atomic E-state index is 12.6. The molecule has 10 heteroatoms. The summed E-state index contributed by atoms with van der Waals surface area (Å²) in [6.07, 6.45) is 12.9. The van der Waals surface area contributed by atoms with Gasteiger partial charge in [0.25, 0.3) is 5.91 Å². The summed E-state index contributed by atoms with van der Waals surface area (Å²) in [6.45, 7) is 4.77. The number of amides is 1. The Bertz CT molecular complexity index is 1010. The minimum absolute atomic E-state index is 0.212. The molecule has 5 rings (SSSR count). The van der Waals surface area contributed by atoms with E-state index in [1.54, 1.807) is 6.20 Å². The molecule has 2 aromatic rings. The fourth-order valence-electron chi connectivity index (χ4n) is 5.21. The van der Waals surface area contributed by atoms with Gasteiger partial charge in [-0.2, -0.15) is 5.10 Å². The van der Waals surface area contributed by atoms with Crippen molar-refractivity contribution >= 4 is 23.1 Å². The topological polar surface area (TPSA) is 103 Å². The SMILES string of the molecule is C#N.NC(=O)c1cn(C2CCC(N(CC3CC3)C3CCC3)CC2)nc1Nc1ccc(N(F)F)cc1. The van der Waals surface area contributed by atoms with E-state index in [2.05, 4.69) is 21.9 Å². The van der Waals surface area contributed by atoms with Gasteiger partial charge in [0.2, 0.25) is 0 Å². The Balaban J connectivity index is 0.00000141. The van der Waals surface area contributed by atoms with Gasteiger partial charge in [0.15, 0.2) is 5.82 Å². The molecule has 0 bridgehead atoms. The van der Waals surface area contributed by atoms with Crippen molar-refractivity contribution in [2.75, 3.05) is 17.2 Å². The Morgan fingerprint density at radius 2 is 1.69 bits per heavy atom. The van der Waals surface area contributed by atoms with Gasteiger partial charge in [-0.05, 0) is 86.9 Å². The summed E-state index contributed by atoms with van der Waals surface area (Å²) in [5.41, 5.74) is 6.26. The van der Waals surface area contributed by atoms with Crippen molar-refractivity contribution in [2.24, 2.45) is 11.7 Å². The number of benzene rings is 1. The van der Waals surface area contributed by atoms with Crippen LogP contribution in [0, 0.1) is 17.8 Å². The molecule has 8 nitrogen and oxygen atoms in total. The molecular formula is C25H33F2N7O. The van der Waals surface area contributed by atoms with E-state index in [4.69, 9.17) is 11.0 Å². The van der Waals surface area contributed by atoms with Gasteiger partial charge in [-0.15, -0.1) is 0 Å². The van der Waals surface area contributed by atoms with E-state index in [1.807, 2.05) is 4.68 Å². The predicted molar refractivity (Wildman–Crippen MR) is 130 cm³/mol. The highest BCUT2D eigenvalue weighted by Gasteiger charge is 2.37. The number of nitrogens with two attached hydrogens (primary N) is 1. The van der Waals surface area contributed by atoms with Crippen LogP contribution in [0.4, 0.5) is 26.2 Å².